The molecule has 1 aromatic carbocycles. The van der Waals surface area contributed by atoms with Gasteiger partial charge < -0.3 is 10.2 Å². The molecule has 3 rings (SSSR count). The average Bonchev–Trinajstić information content (AvgIpc) is 2.85. The molecule has 0 unspecified atom stereocenters. The number of pyridine rings is 1. The summed E-state index contributed by atoms with van der Waals surface area (Å²) in [7, 11) is 0. The summed E-state index contributed by atoms with van der Waals surface area (Å²) in [6.07, 6.45) is 1.16. The maximum atomic E-state index is 13.7. The fourth-order valence-electron chi connectivity index (χ4n) is 2.30. The minimum Gasteiger partial charge on any atom is -0.493 e. The molecular weight excluding hydrogens is 337 g/mol. The molecule has 122 valence electrons. The number of benzene rings is 1. The largest absolute Gasteiger partial charge is 0.493 e. The van der Waals surface area contributed by atoms with Crippen LogP contribution in [0, 0.1) is 12.7 Å². The van der Waals surface area contributed by atoms with E-state index in [1.54, 1.807) is 13.0 Å². The number of aromatic hydroxyl groups is 1. The second kappa shape index (κ2) is 5.93. The van der Waals surface area contributed by atoms with Gasteiger partial charge in [-0.25, -0.2) is 14.2 Å². The first-order valence-electron chi connectivity index (χ1n) is 6.82. The van der Waals surface area contributed by atoms with Crippen LogP contribution < -0.4 is 0 Å². The predicted octanol–water partition coefficient (Wildman–Crippen LogP) is 3.44. The van der Waals surface area contributed by atoms with Gasteiger partial charge in [0.2, 0.25) is 5.88 Å². The number of carboxylic acid groups (broad SMARTS) is 1. The first-order chi connectivity index (χ1) is 11.4. The zero-order valence-corrected chi connectivity index (χ0v) is 13.1. The topological polar surface area (TPSA) is 88.2 Å². The van der Waals surface area contributed by atoms with Gasteiger partial charge in [0.1, 0.15) is 5.82 Å². The second-order valence-corrected chi connectivity index (χ2v) is 5.44. The van der Waals surface area contributed by atoms with E-state index in [-0.39, 0.29) is 22.3 Å². The Labute approximate surface area is 140 Å². The molecule has 0 radical (unpaired) electrons. The van der Waals surface area contributed by atoms with Crippen molar-refractivity contribution >= 4 is 17.6 Å². The molecule has 0 atom stereocenters. The highest BCUT2D eigenvalue weighted by Crippen LogP contribution is 2.35. The number of carbonyl (C=O) groups is 1. The van der Waals surface area contributed by atoms with Crippen LogP contribution in [0.15, 0.2) is 36.5 Å². The first kappa shape index (κ1) is 15.9. The van der Waals surface area contributed by atoms with Crippen LogP contribution in [0.25, 0.3) is 16.9 Å². The smallest absolute Gasteiger partial charge is 0.337 e. The van der Waals surface area contributed by atoms with Crippen LogP contribution in [0.2, 0.25) is 5.02 Å². The summed E-state index contributed by atoms with van der Waals surface area (Å²) in [5.41, 5.74) is 1.23. The Morgan fingerprint density at radius 3 is 2.62 bits per heavy atom. The van der Waals surface area contributed by atoms with Crippen molar-refractivity contribution in [1.82, 2.24) is 14.8 Å². The zero-order chi connectivity index (χ0) is 17.4. The molecule has 0 bridgehead atoms. The Hall–Kier alpha value is -2.93. The Kier molecular flexibility index (Phi) is 3.94. The van der Waals surface area contributed by atoms with Gasteiger partial charge in [0.05, 0.1) is 21.8 Å². The number of aryl methyl sites for hydroxylation is 1. The molecule has 0 amide bonds. The summed E-state index contributed by atoms with van der Waals surface area (Å²) in [5, 5.41) is 23.5. The molecule has 0 fully saturated rings. The summed E-state index contributed by atoms with van der Waals surface area (Å²) >= 11 is 5.67. The van der Waals surface area contributed by atoms with E-state index >= 15 is 0 Å². The molecule has 3 aromatic rings. The number of nitrogens with zero attached hydrogens (tertiary/aromatic N) is 3. The SMILES string of the molecule is Cc1nn(-c2ccc(C(=O)O)cn2)c(O)c1-c1ccc(Cl)c(F)c1. The molecule has 0 saturated carbocycles. The van der Waals surface area contributed by atoms with Crippen LogP contribution in [0.3, 0.4) is 0 Å². The van der Waals surface area contributed by atoms with Crippen molar-refractivity contribution < 1.29 is 19.4 Å². The van der Waals surface area contributed by atoms with Crippen LogP contribution in [-0.2, 0) is 0 Å². The van der Waals surface area contributed by atoms with E-state index in [1.807, 2.05) is 0 Å². The van der Waals surface area contributed by atoms with E-state index in [0.29, 0.717) is 16.8 Å². The highest BCUT2D eigenvalue weighted by Gasteiger charge is 2.19. The Balaban J connectivity index is 2.09. The Bertz CT molecular complexity index is 938. The number of aromatic nitrogens is 3. The highest BCUT2D eigenvalue weighted by atomic mass is 35.5. The van der Waals surface area contributed by atoms with Gasteiger partial charge >= 0.3 is 5.97 Å². The minimum absolute atomic E-state index is 0.0158. The number of aromatic carboxylic acids is 1. The van der Waals surface area contributed by atoms with E-state index in [4.69, 9.17) is 16.7 Å². The van der Waals surface area contributed by atoms with Crippen molar-refractivity contribution in [2.45, 2.75) is 6.92 Å². The molecule has 6 nitrogen and oxygen atoms in total. The summed E-state index contributed by atoms with van der Waals surface area (Å²) in [6, 6.07) is 6.94. The molecule has 0 aliphatic rings. The van der Waals surface area contributed by atoms with E-state index in [9.17, 15) is 14.3 Å². The zero-order valence-electron chi connectivity index (χ0n) is 12.4. The summed E-state index contributed by atoms with van der Waals surface area (Å²) < 4.78 is 14.8. The maximum Gasteiger partial charge on any atom is 0.337 e. The van der Waals surface area contributed by atoms with Crippen LogP contribution >= 0.6 is 11.6 Å². The highest BCUT2D eigenvalue weighted by molar-refractivity contribution is 6.30. The van der Waals surface area contributed by atoms with Crippen molar-refractivity contribution in [3.8, 4) is 22.8 Å². The third-order valence-electron chi connectivity index (χ3n) is 3.46. The Morgan fingerprint density at radius 1 is 1.29 bits per heavy atom. The number of rotatable bonds is 3. The van der Waals surface area contributed by atoms with Crippen LogP contribution in [0.5, 0.6) is 5.88 Å². The van der Waals surface area contributed by atoms with E-state index in [1.165, 1.54) is 24.3 Å². The van der Waals surface area contributed by atoms with Crippen LogP contribution in [0.4, 0.5) is 4.39 Å². The van der Waals surface area contributed by atoms with Gasteiger partial charge in [-0.05, 0) is 36.8 Å². The van der Waals surface area contributed by atoms with Gasteiger partial charge in [0.25, 0.3) is 0 Å². The number of hydrogen-bond acceptors (Lipinski definition) is 4. The fraction of sp³-hybridized carbons (Fsp3) is 0.0625. The molecule has 0 aliphatic heterocycles. The number of hydrogen-bond donors (Lipinski definition) is 2. The molecule has 0 aliphatic carbocycles. The third kappa shape index (κ3) is 2.69. The second-order valence-electron chi connectivity index (χ2n) is 5.03. The average molecular weight is 348 g/mol. The number of carboxylic acids is 1. The van der Waals surface area contributed by atoms with E-state index in [0.717, 1.165) is 10.9 Å². The normalized spacial score (nSPS) is 10.8. The van der Waals surface area contributed by atoms with Crippen molar-refractivity contribution in [2.24, 2.45) is 0 Å². The van der Waals surface area contributed by atoms with Gasteiger partial charge in [-0.2, -0.15) is 9.78 Å². The maximum absolute atomic E-state index is 13.7. The Morgan fingerprint density at radius 2 is 2.04 bits per heavy atom. The molecule has 0 spiro atoms. The monoisotopic (exact) mass is 347 g/mol. The molecule has 0 saturated heterocycles. The van der Waals surface area contributed by atoms with Crippen molar-refractivity contribution in [3.05, 3.63) is 58.6 Å². The lowest BCUT2D eigenvalue weighted by atomic mass is 10.1. The van der Waals surface area contributed by atoms with Gasteiger partial charge in [-0.1, -0.05) is 17.7 Å². The molecule has 2 aromatic heterocycles. The van der Waals surface area contributed by atoms with Gasteiger partial charge in [-0.15, -0.1) is 0 Å². The third-order valence-corrected chi connectivity index (χ3v) is 3.76. The van der Waals surface area contributed by atoms with Crippen molar-refractivity contribution in [2.75, 3.05) is 0 Å². The fourth-order valence-corrected chi connectivity index (χ4v) is 2.42. The lowest BCUT2D eigenvalue weighted by Gasteiger charge is -2.04. The molecular formula is C16H11ClFN3O3. The van der Waals surface area contributed by atoms with Crippen molar-refractivity contribution in [1.29, 1.82) is 0 Å². The summed E-state index contributed by atoms with van der Waals surface area (Å²) in [5.74, 6) is -1.71. The lowest BCUT2D eigenvalue weighted by molar-refractivity contribution is 0.0696. The van der Waals surface area contributed by atoms with Crippen LogP contribution in [0.1, 0.15) is 16.1 Å². The van der Waals surface area contributed by atoms with Gasteiger partial charge in [-0.3, -0.25) is 0 Å². The summed E-state index contributed by atoms with van der Waals surface area (Å²) in [4.78, 5) is 14.8. The standard InChI is InChI=1S/C16H11ClFN3O3/c1-8-14(9-2-4-11(17)12(18)6-9)15(22)21(20-8)13-5-3-10(7-19-13)16(23)24/h2-7,22H,1H3,(H,23,24). The first-order valence-corrected chi connectivity index (χ1v) is 7.20. The summed E-state index contributed by atoms with van der Waals surface area (Å²) in [6.45, 7) is 1.66. The van der Waals surface area contributed by atoms with Gasteiger partial charge in [0.15, 0.2) is 5.82 Å². The minimum atomic E-state index is -1.10. The molecule has 2 N–H and O–H groups in total. The molecule has 24 heavy (non-hydrogen) atoms. The molecule has 2 heterocycles. The van der Waals surface area contributed by atoms with Crippen LogP contribution in [-0.4, -0.2) is 30.9 Å². The number of halogens is 2. The van der Waals surface area contributed by atoms with E-state index in [2.05, 4.69) is 10.1 Å². The van der Waals surface area contributed by atoms with E-state index < -0.39 is 11.8 Å². The predicted molar refractivity (Wildman–Crippen MR) is 85.1 cm³/mol. The lowest BCUT2D eigenvalue weighted by Crippen LogP contribution is -2.02. The van der Waals surface area contributed by atoms with Crippen molar-refractivity contribution in [3.63, 3.8) is 0 Å². The molecule has 8 heteroatoms. The quantitative estimate of drug-likeness (QED) is 0.757. The van der Waals surface area contributed by atoms with Gasteiger partial charge in [0, 0.05) is 6.20 Å².